The highest BCUT2D eigenvalue weighted by atomic mass is 35.5. The number of rotatable bonds is 4. The molecule has 0 atom stereocenters. The molecule has 0 radical (unpaired) electrons. The van der Waals surface area contributed by atoms with Crippen LogP contribution in [0.1, 0.15) is 5.56 Å². The maximum Gasteiger partial charge on any atom is 0.230 e. The fraction of sp³-hybridized carbons (Fsp3) is 0.150. The van der Waals surface area contributed by atoms with Gasteiger partial charge in [-0.1, -0.05) is 29.8 Å². The Kier molecular flexibility index (Phi) is 5.25. The number of aliphatic imine (C=N–C) groups is 1. The average Bonchev–Trinajstić information content (AvgIpc) is 2.73. The van der Waals surface area contributed by atoms with Crippen molar-refractivity contribution in [1.82, 2.24) is 9.97 Å². The predicted octanol–water partition coefficient (Wildman–Crippen LogP) is 3.50. The lowest BCUT2D eigenvalue weighted by molar-refractivity contribution is 0.171. The van der Waals surface area contributed by atoms with Crippen LogP contribution in [-0.4, -0.2) is 29.1 Å². The first-order valence-corrected chi connectivity index (χ1v) is 9.10. The second-order valence-electron chi connectivity index (χ2n) is 6.08. The van der Waals surface area contributed by atoms with E-state index >= 15 is 0 Å². The number of halogens is 1. The highest BCUT2D eigenvalue weighted by Gasteiger charge is 2.11. The van der Waals surface area contributed by atoms with Gasteiger partial charge in [0.05, 0.1) is 12.2 Å². The van der Waals surface area contributed by atoms with Crippen molar-refractivity contribution in [1.29, 1.82) is 0 Å². The summed E-state index contributed by atoms with van der Waals surface area (Å²) in [6.45, 7) is 1.51. The van der Waals surface area contributed by atoms with Crippen LogP contribution in [0.15, 0.2) is 59.7 Å². The van der Waals surface area contributed by atoms with E-state index in [1.165, 1.54) is 0 Å². The van der Waals surface area contributed by atoms with Gasteiger partial charge in [0.1, 0.15) is 13.2 Å². The summed E-state index contributed by atoms with van der Waals surface area (Å²) < 4.78 is 11.1. The molecule has 2 heterocycles. The number of hydrogen-bond donors (Lipinski definition) is 2. The number of fused-ring (bicyclic) bond motifs is 1. The minimum atomic E-state index is 0.225. The number of ether oxygens (including phenoxy) is 2. The Balaban J connectivity index is 1.44. The summed E-state index contributed by atoms with van der Waals surface area (Å²) in [6, 6.07) is 15.0. The minimum absolute atomic E-state index is 0.225. The zero-order valence-corrected chi connectivity index (χ0v) is 15.7. The van der Waals surface area contributed by atoms with Gasteiger partial charge in [-0.15, -0.1) is 0 Å². The smallest absolute Gasteiger partial charge is 0.230 e. The highest BCUT2D eigenvalue weighted by Crippen LogP contribution is 2.30. The third kappa shape index (κ3) is 4.32. The van der Waals surface area contributed by atoms with Gasteiger partial charge in [-0.3, -0.25) is 5.32 Å². The molecular formula is C20H18ClN5O2. The molecule has 142 valence electrons. The molecule has 8 heteroatoms. The summed E-state index contributed by atoms with van der Waals surface area (Å²) in [7, 11) is 0. The third-order valence-corrected chi connectivity index (χ3v) is 4.33. The van der Waals surface area contributed by atoms with Crippen molar-refractivity contribution in [2.45, 2.75) is 6.54 Å². The number of nitrogens with one attached hydrogen (secondary N) is 1. The molecule has 0 bridgehead atoms. The van der Waals surface area contributed by atoms with Crippen LogP contribution in [0.4, 0.5) is 5.95 Å². The van der Waals surface area contributed by atoms with E-state index in [1.807, 2.05) is 48.5 Å². The van der Waals surface area contributed by atoms with Gasteiger partial charge in [-0.2, -0.15) is 0 Å². The van der Waals surface area contributed by atoms with Crippen LogP contribution in [0.2, 0.25) is 5.02 Å². The molecule has 3 aromatic rings. The first-order chi connectivity index (χ1) is 13.7. The van der Waals surface area contributed by atoms with E-state index in [0.29, 0.717) is 30.7 Å². The molecule has 0 fully saturated rings. The number of nitrogens with two attached hydrogens (primary N) is 1. The summed E-state index contributed by atoms with van der Waals surface area (Å²) in [5.41, 5.74) is 8.64. The molecule has 1 aromatic heterocycles. The second-order valence-corrected chi connectivity index (χ2v) is 6.51. The molecule has 0 spiro atoms. The number of nitrogens with zero attached hydrogens (tertiary/aromatic N) is 3. The lowest BCUT2D eigenvalue weighted by Gasteiger charge is -2.18. The maximum absolute atomic E-state index is 5.99. The number of anilines is 1. The molecule has 7 nitrogen and oxygen atoms in total. The predicted molar refractivity (Wildman–Crippen MR) is 109 cm³/mol. The van der Waals surface area contributed by atoms with Gasteiger partial charge in [-0.05, 0) is 35.9 Å². The van der Waals surface area contributed by atoms with Crippen LogP contribution in [0.25, 0.3) is 11.3 Å². The average molecular weight is 396 g/mol. The Morgan fingerprint density at radius 2 is 1.86 bits per heavy atom. The first-order valence-electron chi connectivity index (χ1n) is 8.72. The zero-order chi connectivity index (χ0) is 19.3. The molecule has 3 N–H and O–H groups in total. The molecule has 0 saturated heterocycles. The van der Waals surface area contributed by atoms with Crippen molar-refractivity contribution in [2.75, 3.05) is 18.5 Å². The Morgan fingerprint density at radius 3 is 2.68 bits per heavy atom. The van der Waals surface area contributed by atoms with E-state index in [9.17, 15) is 0 Å². The van der Waals surface area contributed by atoms with Crippen LogP contribution >= 0.6 is 11.6 Å². The molecule has 0 saturated carbocycles. The second kappa shape index (κ2) is 8.14. The van der Waals surface area contributed by atoms with Crippen LogP contribution in [-0.2, 0) is 6.54 Å². The molecule has 1 aliphatic heterocycles. The van der Waals surface area contributed by atoms with Crippen molar-refractivity contribution in [2.24, 2.45) is 10.7 Å². The molecule has 2 aromatic carbocycles. The summed E-state index contributed by atoms with van der Waals surface area (Å²) in [4.78, 5) is 13.0. The largest absolute Gasteiger partial charge is 0.486 e. The fourth-order valence-corrected chi connectivity index (χ4v) is 2.84. The van der Waals surface area contributed by atoms with Crippen LogP contribution in [0.3, 0.4) is 0 Å². The van der Waals surface area contributed by atoms with Gasteiger partial charge in [0.15, 0.2) is 17.5 Å². The number of aromatic nitrogens is 2. The van der Waals surface area contributed by atoms with E-state index in [0.717, 1.165) is 28.3 Å². The Hall–Kier alpha value is -3.32. The van der Waals surface area contributed by atoms with E-state index in [1.54, 1.807) is 6.20 Å². The lowest BCUT2D eigenvalue weighted by Crippen LogP contribution is -2.24. The molecule has 0 amide bonds. The summed E-state index contributed by atoms with van der Waals surface area (Å²) in [6.07, 6.45) is 1.66. The summed E-state index contributed by atoms with van der Waals surface area (Å²) in [5, 5.41) is 3.59. The van der Waals surface area contributed by atoms with E-state index in [4.69, 9.17) is 26.8 Å². The Morgan fingerprint density at radius 1 is 1.07 bits per heavy atom. The van der Waals surface area contributed by atoms with Crippen molar-refractivity contribution in [3.63, 3.8) is 0 Å². The van der Waals surface area contributed by atoms with E-state index < -0.39 is 0 Å². The topological polar surface area (TPSA) is 94.7 Å². The zero-order valence-electron chi connectivity index (χ0n) is 14.9. The van der Waals surface area contributed by atoms with Gasteiger partial charge < -0.3 is 15.2 Å². The Bertz CT molecular complexity index is 1010. The molecular weight excluding hydrogens is 378 g/mol. The lowest BCUT2D eigenvalue weighted by atomic mass is 10.1. The number of guanidine groups is 1. The molecule has 4 rings (SSSR count). The monoisotopic (exact) mass is 395 g/mol. The standard InChI is InChI=1S/C20H18ClN5O2/c21-15-4-2-14(3-5-15)16-7-8-23-20(25-16)26-19(22)24-12-13-1-6-17-18(11-13)28-10-9-27-17/h1-8,11H,9-10,12H2,(H3,22,23,24,25,26). The van der Waals surface area contributed by atoms with Crippen molar-refractivity contribution in [3.8, 4) is 22.8 Å². The highest BCUT2D eigenvalue weighted by molar-refractivity contribution is 6.30. The van der Waals surface area contributed by atoms with Gasteiger partial charge in [-0.25, -0.2) is 15.0 Å². The third-order valence-electron chi connectivity index (χ3n) is 4.07. The SMILES string of the molecule is NC(=NCc1ccc2c(c1)OCCO2)Nc1nccc(-c2ccc(Cl)cc2)n1. The van der Waals surface area contributed by atoms with Crippen LogP contribution < -0.4 is 20.5 Å². The molecule has 0 unspecified atom stereocenters. The fourth-order valence-electron chi connectivity index (χ4n) is 2.72. The molecule has 0 aliphatic carbocycles. The number of hydrogen-bond acceptors (Lipinski definition) is 5. The van der Waals surface area contributed by atoms with Gasteiger partial charge in [0, 0.05) is 16.8 Å². The summed E-state index contributed by atoms with van der Waals surface area (Å²) in [5.74, 6) is 2.07. The summed E-state index contributed by atoms with van der Waals surface area (Å²) >= 11 is 5.93. The quantitative estimate of drug-likeness (QED) is 0.518. The number of benzene rings is 2. The van der Waals surface area contributed by atoms with Crippen LogP contribution in [0, 0.1) is 0 Å². The van der Waals surface area contributed by atoms with E-state index in [2.05, 4.69) is 20.3 Å². The van der Waals surface area contributed by atoms with Crippen LogP contribution in [0.5, 0.6) is 11.5 Å². The van der Waals surface area contributed by atoms with Crippen molar-refractivity contribution >= 4 is 23.5 Å². The van der Waals surface area contributed by atoms with Gasteiger partial charge in [0.25, 0.3) is 0 Å². The normalized spacial score (nSPS) is 13.2. The molecule has 28 heavy (non-hydrogen) atoms. The maximum atomic E-state index is 5.99. The van der Waals surface area contributed by atoms with E-state index in [-0.39, 0.29) is 5.96 Å². The first kappa shape index (κ1) is 18.1. The van der Waals surface area contributed by atoms with Gasteiger partial charge in [0.2, 0.25) is 5.95 Å². The minimum Gasteiger partial charge on any atom is -0.486 e. The molecule has 1 aliphatic rings. The van der Waals surface area contributed by atoms with Gasteiger partial charge >= 0.3 is 0 Å². The Labute approximate surface area is 167 Å². The van der Waals surface area contributed by atoms with Crippen molar-refractivity contribution < 1.29 is 9.47 Å². The van der Waals surface area contributed by atoms with Crippen molar-refractivity contribution in [3.05, 3.63) is 65.3 Å².